The zero-order chi connectivity index (χ0) is 15.5. The molecule has 1 saturated heterocycles. The molecular formula is C17H30N4. The maximum atomic E-state index is 4.62. The van der Waals surface area contributed by atoms with Crippen LogP contribution in [0.2, 0.25) is 0 Å². The molecule has 1 N–H and O–H groups in total. The average molecular weight is 290 g/mol. The van der Waals surface area contributed by atoms with Crippen LogP contribution < -0.4 is 5.32 Å². The van der Waals surface area contributed by atoms with Crippen LogP contribution in [-0.2, 0) is 6.54 Å². The highest BCUT2D eigenvalue weighted by Gasteiger charge is 2.28. The molecule has 0 aromatic carbocycles. The monoisotopic (exact) mass is 290 g/mol. The zero-order valence-electron chi connectivity index (χ0n) is 14.2. The highest BCUT2D eigenvalue weighted by molar-refractivity contribution is 5.35. The molecule has 21 heavy (non-hydrogen) atoms. The van der Waals surface area contributed by atoms with Gasteiger partial charge in [-0.05, 0) is 51.1 Å². The Hall–Kier alpha value is -1.16. The van der Waals surface area contributed by atoms with E-state index in [1.807, 2.05) is 13.0 Å². The summed E-state index contributed by atoms with van der Waals surface area (Å²) in [5.41, 5.74) is 1.48. The number of rotatable bonds is 4. The van der Waals surface area contributed by atoms with Gasteiger partial charge in [0.15, 0.2) is 0 Å². The molecule has 1 fully saturated rings. The molecule has 0 unspecified atom stereocenters. The van der Waals surface area contributed by atoms with Gasteiger partial charge in [0.2, 0.25) is 0 Å². The normalized spacial score (nSPS) is 18.0. The molecule has 2 heterocycles. The van der Waals surface area contributed by atoms with Crippen LogP contribution in [0.15, 0.2) is 6.07 Å². The first-order chi connectivity index (χ1) is 9.88. The average Bonchev–Trinajstić information content (AvgIpc) is 2.38. The number of likely N-dealkylation sites (tertiary alicyclic amines) is 1. The largest absolute Gasteiger partial charge is 0.370 e. The summed E-state index contributed by atoms with van der Waals surface area (Å²) in [4.78, 5) is 11.7. The van der Waals surface area contributed by atoms with E-state index in [4.69, 9.17) is 0 Å². The molecule has 2 rings (SSSR count). The van der Waals surface area contributed by atoms with Gasteiger partial charge in [-0.25, -0.2) is 9.97 Å². The second-order valence-corrected chi connectivity index (χ2v) is 7.26. The molecule has 1 aliphatic heterocycles. The quantitative estimate of drug-likeness (QED) is 0.922. The van der Waals surface area contributed by atoms with Gasteiger partial charge < -0.3 is 5.32 Å². The molecular weight excluding hydrogens is 260 g/mol. The minimum absolute atomic E-state index is 0.435. The van der Waals surface area contributed by atoms with Gasteiger partial charge in [-0.3, -0.25) is 4.90 Å². The molecule has 0 aliphatic carbocycles. The molecule has 0 spiro atoms. The number of nitrogens with zero attached hydrogens (tertiary/aromatic N) is 3. The first-order valence-corrected chi connectivity index (χ1v) is 8.19. The van der Waals surface area contributed by atoms with Crippen molar-refractivity contribution in [3.63, 3.8) is 0 Å². The summed E-state index contributed by atoms with van der Waals surface area (Å²) in [5, 5.41) is 3.28. The SMILES string of the molecule is CCNc1cc(C)nc(CN2CCC(C(C)(C)C)CC2)n1. The standard InChI is InChI=1S/C17H30N4/c1-6-18-15-11-13(2)19-16(20-15)12-21-9-7-14(8-10-21)17(3,4)5/h11,14H,6-10,12H2,1-5H3,(H,18,19,20). The van der Waals surface area contributed by atoms with Gasteiger partial charge >= 0.3 is 0 Å². The van der Waals surface area contributed by atoms with Crippen molar-refractivity contribution in [3.05, 3.63) is 17.6 Å². The van der Waals surface area contributed by atoms with Crippen LogP contribution in [0.1, 0.15) is 52.1 Å². The van der Waals surface area contributed by atoms with Gasteiger partial charge in [0.1, 0.15) is 11.6 Å². The fraction of sp³-hybridized carbons (Fsp3) is 0.765. The molecule has 0 atom stereocenters. The highest BCUT2D eigenvalue weighted by atomic mass is 15.2. The van der Waals surface area contributed by atoms with Crippen LogP contribution in [-0.4, -0.2) is 34.5 Å². The number of hydrogen-bond acceptors (Lipinski definition) is 4. The van der Waals surface area contributed by atoms with Crippen molar-refractivity contribution < 1.29 is 0 Å². The lowest BCUT2D eigenvalue weighted by Gasteiger charge is -2.38. The lowest BCUT2D eigenvalue weighted by Crippen LogP contribution is -2.37. The van der Waals surface area contributed by atoms with E-state index >= 15 is 0 Å². The van der Waals surface area contributed by atoms with E-state index in [2.05, 4.69) is 47.9 Å². The van der Waals surface area contributed by atoms with E-state index < -0.39 is 0 Å². The second kappa shape index (κ2) is 6.73. The minimum atomic E-state index is 0.435. The fourth-order valence-electron chi connectivity index (χ4n) is 3.13. The first-order valence-electron chi connectivity index (χ1n) is 8.19. The van der Waals surface area contributed by atoms with Crippen molar-refractivity contribution in [1.82, 2.24) is 14.9 Å². The Morgan fingerprint density at radius 2 is 1.90 bits per heavy atom. The fourth-order valence-corrected chi connectivity index (χ4v) is 3.13. The molecule has 1 aromatic rings. The third-order valence-electron chi connectivity index (χ3n) is 4.44. The Morgan fingerprint density at radius 1 is 1.24 bits per heavy atom. The summed E-state index contributed by atoms with van der Waals surface area (Å²) in [6, 6.07) is 2.01. The molecule has 1 aromatic heterocycles. The van der Waals surface area contributed by atoms with Gasteiger partial charge in [-0.15, -0.1) is 0 Å². The van der Waals surface area contributed by atoms with Crippen molar-refractivity contribution in [3.8, 4) is 0 Å². The van der Waals surface area contributed by atoms with Crippen molar-refractivity contribution in [2.75, 3.05) is 25.0 Å². The zero-order valence-corrected chi connectivity index (χ0v) is 14.2. The number of aryl methyl sites for hydroxylation is 1. The van der Waals surface area contributed by atoms with Gasteiger partial charge in [-0.1, -0.05) is 20.8 Å². The Bertz CT molecular complexity index is 456. The molecule has 4 nitrogen and oxygen atoms in total. The second-order valence-electron chi connectivity index (χ2n) is 7.26. The first kappa shape index (κ1) is 16.2. The van der Waals surface area contributed by atoms with E-state index in [0.29, 0.717) is 5.41 Å². The lowest BCUT2D eigenvalue weighted by atomic mass is 9.75. The van der Waals surface area contributed by atoms with E-state index in [1.165, 1.54) is 12.8 Å². The summed E-state index contributed by atoms with van der Waals surface area (Å²) in [7, 11) is 0. The number of nitrogens with one attached hydrogen (secondary N) is 1. The summed E-state index contributed by atoms with van der Waals surface area (Å²) in [6.07, 6.45) is 2.57. The molecule has 0 radical (unpaired) electrons. The van der Waals surface area contributed by atoms with E-state index in [1.54, 1.807) is 0 Å². The van der Waals surface area contributed by atoms with Crippen LogP contribution in [0, 0.1) is 18.3 Å². The lowest BCUT2D eigenvalue weighted by molar-refractivity contribution is 0.106. The number of aromatic nitrogens is 2. The Kier molecular flexibility index (Phi) is 5.20. The number of hydrogen-bond donors (Lipinski definition) is 1. The summed E-state index contributed by atoms with van der Waals surface area (Å²) in [5.74, 6) is 2.73. The van der Waals surface area contributed by atoms with Crippen LogP contribution in [0.5, 0.6) is 0 Å². The van der Waals surface area contributed by atoms with Gasteiger partial charge in [-0.2, -0.15) is 0 Å². The number of anilines is 1. The maximum absolute atomic E-state index is 4.62. The predicted octanol–water partition coefficient (Wildman–Crippen LogP) is 3.47. The third kappa shape index (κ3) is 4.67. The molecule has 0 bridgehead atoms. The van der Waals surface area contributed by atoms with Crippen molar-refractivity contribution in [1.29, 1.82) is 0 Å². The Morgan fingerprint density at radius 3 is 2.48 bits per heavy atom. The highest BCUT2D eigenvalue weighted by Crippen LogP contribution is 2.34. The Labute approximate surface area is 129 Å². The van der Waals surface area contributed by atoms with Crippen molar-refractivity contribution >= 4 is 5.82 Å². The summed E-state index contributed by atoms with van der Waals surface area (Å²) in [6.45, 7) is 15.3. The van der Waals surface area contributed by atoms with E-state index in [-0.39, 0.29) is 0 Å². The van der Waals surface area contributed by atoms with Gasteiger partial charge in [0, 0.05) is 18.3 Å². The van der Waals surface area contributed by atoms with E-state index in [9.17, 15) is 0 Å². The van der Waals surface area contributed by atoms with Crippen molar-refractivity contribution in [2.45, 2.75) is 54.0 Å². The van der Waals surface area contributed by atoms with E-state index in [0.717, 1.165) is 49.4 Å². The summed E-state index contributed by atoms with van der Waals surface area (Å²) < 4.78 is 0. The number of piperidine rings is 1. The van der Waals surface area contributed by atoms with Gasteiger partial charge in [0.05, 0.1) is 6.54 Å². The van der Waals surface area contributed by atoms with Crippen LogP contribution in [0.4, 0.5) is 5.82 Å². The van der Waals surface area contributed by atoms with Gasteiger partial charge in [0.25, 0.3) is 0 Å². The molecule has 118 valence electrons. The molecule has 0 saturated carbocycles. The summed E-state index contributed by atoms with van der Waals surface area (Å²) >= 11 is 0. The predicted molar refractivity (Wildman–Crippen MR) is 88.4 cm³/mol. The molecule has 4 heteroatoms. The van der Waals surface area contributed by atoms with Crippen LogP contribution in [0.25, 0.3) is 0 Å². The molecule has 0 amide bonds. The maximum Gasteiger partial charge on any atom is 0.144 e. The smallest absolute Gasteiger partial charge is 0.144 e. The Balaban J connectivity index is 1.94. The van der Waals surface area contributed by atoms with Crippen molar-refractivity contribution in [2.24, 2.45) is 11.3 Å². The van der Waals surface area contributed by atoms with Crippen LogP contribution in [0.3, 0.4) is 0 Å². The van der Waals surface area contributed by atoms with Crippen LogP contribution >= 0.6 is 0 Å². The topological polar surface area (TPSA) is 41.1 Å². The minimum Gasteiger partial charge on any atom is -0.370 e. The molecule has 1 aliphatic rings. The third-order valence-corrected chi connectivity index (χ3v) is 4.44.